The molecule has 2 amide bonds. The van der Waals surface area contributed by atoms with E-state index in [0.29, 0.717) is 6.54 Å². The Morgan fingerprint density at radius 2 is 2.19 bits per heavy atom. The number of nitrogens with zero attached hydrogens (tertiary/aromatic N) is 1. The number of carboxylic acids is 1. The van der Waals surface area contributed by atoms with E-state index in [1.54, 1.807) is 6.92 Å². The number of halogens is 1. The Morgan fingerprint density at radius 1 is 1.48 bits per heavy atom. The molecule has 0 bridgehead atoms. The molecular weight excluding hydrogens is 279 g/mol. The molecule has 0 spiro atoms. The van der Waals surface area contributed by atoms with Crippen molar-refractivity contribution in [2.24, 2.45) is 5.92 Å². The molecule has 1 aromatic carbocycles. The standard InChI is InChI=1S/C14H15FN2O4/c1-2-17-7-8(6-11(17)18)13(19)16-12-9(14(20)21)4-3-5-10(12)15/h3-5,8H,2,6-7H2,1H3,(H,16,19)(H,20,21). The van der Waals surface area contributed by atoms with Crippen LogP contribution in [0.5, 0.6) is 0 Å². The molecule has 0 aromatic heterocycles. The summed E-state index contributed by atoms with van der Waals surface area (Å²) in [5.74, 6) is -3.43. The van der Waals surface area contributed by atoms with E-state index < -0.39 is 23.6 Å². The van der Waals surface area contributed by atoms with Crippen molar-refractivity contribution in [3.63, 3.8) is 0 Å². The third-order valence-electron chi connectivity index (χ3n) is 3.46. The van der Waals surface area contributed by atoms with E-state index in [0.717, 1.165) is 6.07 Å². The second kappa shape index (κ2) is 5.90. The zero-order chi connectivity index (χ0) is 15.6. The second-order valence-electron chi connectivity index (χ2n) is 4.79. The minimum absolute atomic E-state index is 0.0521. The summed E-state index contributed by atoms with van der Waals surface area (Å²) >= 11 is 0. The first-order valence-corrected chi connectivity index (χ1v) is 6.54. The van der Waals surface area contributed by atoms with Crippen molar-refractivity contribution < 1.29 is 23.9 Å². The molecule has 6 nitrogen and oxygen atoms in total. The van der Waals surface area contributed by atoms with E-state index in [9.17, 15) is 18.8 Å². The lowest BCUT2D eigenvalue weighted by Crippen LogP contribution is -2.28. The van der Waals surface area contributed by atoms with Crippen LogP contribution >= 0.6 is 0 Å². The molecule has 0 saturated carbocycles. The maximum Gasteiger partial charge on any atom is 0.337 e. The predicted molar refractivity (Wildman–Crippen MR) is 72.4 cm³/mol. The van der Waals surface area contributed by atoms with Crippen LogP contribution in [0.25, 0.3) is 0 Å². The Morgan fingerprint density at radius 3 is 2.76 bits per heavy atom. The van der Waals surface area contributed by atoms with Gasteiger partial charge in [-0.05, 0) is 19.1 Å². The summed E-state index contributed by atoms with van der Waals surface area (Å²) in [4.78, 5) is 36.3. The largest absolute Gasteiger partial charge is 0.478 e. The van der Waals surface area contributed by atoms with Gasteiger partial charge < -0.3 is 15.3 Å². The minimum Gasteiger partial charge on any atom is -0.478 e. The third-order valence-corrected chi connectivity index (χ3v) is 3.46. The van der Waals surface area contributed by atoms with Crippen LogP contribution in [0.4, 0.5) is 10.1 Å². The third kappa shape index (κ3) is 3.01. The first kappa shape index (κ1) is 15.0. The molecule has 1 fully saturated rings. The number of carbonyl (C=O) groups excluding carboxylic acids is 2. The average Bonchev–Trinajstić information content (AvgIpc) is 2.82. The molecule has 1 aromatic rings. The highest BCUT2D eigenvalue weighted by Gasteiger charge is 2.34. The number of hydrogen-bond acceptors (Lipinski definition) is 3. The quantitative estimate of drug-likeness (QED) is 0.877. The van der Waals surface area contributed by atoms with Crippen molar-refractivity contribution in [1.29, 1.82) is 0 Å². The van der Waals surface area contributed by atoms with Gasteiger partial charge in [-0.2, -0.15) is 0 Å². The summed E-state index contributed by atoms with van der Waals surface area (Å²) in [6.45, 7) is 2.57. The number of carboxylic acid groups (broad SMARTS) is 1. The lowest BCUT2D eigenvalue weighted by molar-refractivity contribution is -0.128. The summed E-state index contributed by atoms with van der Waals surface area (Å²) in [5.41, 5.74) is -0.683. The number of anilines is 1. The fourth-order valence-corrected chi connectivity index (χ4v) is 2.31. The summed E-state index contributed by atoms with van der Waals surface area (Å²) in [5, 5.41) is 11.3. The Balaban J connectivity index is 2.18. The van der Waals surface area contributed by atoms with Gasteiger partial charge in [0, 0.05) is 19.5 Å². The van der Waals surface area contributed by atoms with Gasteiger partial charge in [-0.1, -0.05) is 6.07 Å². The monoisotopic (exact) mass is 294 g/mol. The molecule has 1 saturated heterocycles. The van der Waals surface area contributed by atoms with Gasteiger partial charge in [-0.25, -0.2) is 9.18 Å². The van der Waals surface area contributed by atoms with Crippen LogP contribution in [0, 0.1) is 11.7 Å². The number of hydrogen-bond donors (Lipinski definition) is 2. The van der Waals surface area contributed by atoms with E-state index in [4.69, 9.17) is 5.11 Å². The molecule has 0 aliphatic carbocycles. The number of likely N-dealkylation sites (tertiary alicyclic amines) is 1. The fraction of sp³-hybridized carbons (Fsp3) is 0.357. The number of rotatable bonds is 4. The maximum absolute atomic E-state index is 13.7. The maximum atomic E-state index is 13.7. The minimum atomic E-state index is -1.33. The van der Waals surface area contributed by atoms with Gasteiger partial charge in [0.05, 0.1) is 17.2 Å². The molecule has 1 atom stereocenters. The fourth-order valence-electron chi connectivity index (χ4n) is 2.31. The van der Waals surface area contributed by atoms with Crippen molar-refractivity contribution >= 4 is 23.5 Å². The highest BCUT2D eigenvalue weighted by atomic mass is 19.1. The van der Waals surface area contributed by atoms with E-state index >= 15 is 0 Å². The lowest BCUT2D eigenvalue weighted by atomic mass is 10.1. The molecule has 1 aliphatic heterocycles. The van der Waals surface area contributed by atoms with Crippen molar-refractivity contribution in [3.05, 3.63) is 29.6 Å². The van der Waals surface area contributed by atoms with Crippen LogP contribution in [0.3, 0.4) is 0 Å². The zero-order valence-corrected chi connectivity index (χ0v) is 11.4. The number of carbonyl (C=O) groups is 3. The van der Waals surface area contributed by atoms with Gasteiger partial charge in [-0.15, -0.1) is 0 Å². The summed E-state index contributed by atoms with van der Waals surface area (Å²) < 4.78 is 13.7. The molecule has 7 heteroatoms. The van der Waals surface area contributed by atoms with Crippen LogP contribution in [0.2, 0.25) is 0 Å². The molecule has 1 unspecified atom stereocenters. The summed E-state index contributed by atoms with van der Waals surface area (Å²) in [6, 6.07) is 3.53. The highest BCUT2D eigenvalue weighted by Crippen LogP contribution is 2.23. The Bertz CT molecular complexity index is 603. The van der Waals surface area contributed by atoms with Crippen molar-refractivity contribution in [1.82, 2.24) is 4.90 Å². The number of para-hydroxylation sites is 1. The van der Waals surface area contributed by atoms with Crippen molar-refractivity contribution in [2.45, 2.75) is 13.3 Å². The number of amides is 2. The van der Waals surface area contributed by atoms with Crippen LogP contribution in [-0.2, 0) is 9.59 Å². The Labute approximate surface area is 120 Å². The summed E-state index contributed by atoms with van der Waals surface area (Å²) in [7, 11) is 0. The van der Waals surface area contributed by atoms with Gasteiger partial charge in [0.15, 0.2) is 0 Å². The number of nitrogens with one attached hydrogen (secondary N) is 1. The molecule has 2 N–H and O–H groups in total. The number of aromatic carboxylic acids is 1. The molecule has 21 heavy (non-hydrogen) atoms. The van der Waals surface area contributed by atoms with Gasteiger partial charge >= 0.3 is 5.97 Å². The smallest absolute Gasteiger partial charge is 0.337 e. The second-order valence-corrected chi connectivity index (χ2v) is 4.79. The van der Waals surface area contributed by atoms with E-state index in [-0.39, 0.29) is 30.1 Å². The summed E-state index contributed by atoms with van der Waals surface area (Å²) in [6.07, 6.45) is 0.0521. The van der Waals surface area contributed by atoms with Gasteiger partial charge in [0.1, 0.15) is 5.82 Å². The van der Waals surface area contributed by atoms with Crippen molar-refractivity contribution in [2.75, 3.05) is 18.4 Å². The molecule has 1 heterocycles. The predicted octanol–water partition coefficient (Wildman–Crippen LogP) is 1.33. The normalized spacial score (nSPS) is 17.9. The lowest BCUT2D eigenvalue weighted by Gasteiger charge is -2.14. The average molecular weight is 294 g/mol. The molecule has 112 valence electrons. The van der Waals surface area contributed by atoms with Crippen LogP contribution in [-0.4, -0.2) is 40.9 Å². The van der Waals surface area contributed by atoms with Gasteiger partial charge in [0.25, 0.3) is 0 Å². The Hall–Kier alpha value is -2.44. The van der Waals surface area contributed by atoms with E-state index in [2.05, 4.69) is 5.32 Å². The molecule has 0 radical (unpaired) electrons. The molecule has 2 rings (SSSR count). The van der Waals surface area contributed by atoms with Crippen LogP contribution in [0.1, 0.15) is 23.7 Å². The van der Waals surface area contributed by atoms with E-state index in [1.165, 1.54) is 17.0 Å². The zero-order valence-electron chi connectivity index (χ0n) is 11.4. The van der Waals surface area contributed by atoms with Gasteiger partial charge in [0.2, 0.25) is 11.8 Å². The number of benzene rings is 1. The highest BCUT2D eigenvalue weighted by molar-refractivity contribution is 6.02. The SMILES string of the molecule is CCN1CC(C(=O)Nc2c(F)cccc2C(=O)O)CC1=O. The van der Waals surface area contributed by atoms with Crippen LogP contribution in [0.15, 0.2) is 18.2 Å². The van der Waals surface area contributed by atoms with E-state index in [1.807, 2.05) is 0 Å². The first-order valence-electron chi connectivity index (χ1n) is 6.54. The molecular formula is C14H15FN2O4. The van der Waals surface area contributed by atoms with Gasteiger partial charge in [-0.3, -0.25) is 9.59 Å². The Kier molecular flexibility index (Phi) is 4.21. The molecule has 1 aliphatic rings. The van der Waals surface area contributed by atoms with Crippen molar-refractivity contribution in [3.8, 4) is 0 Å². The van der Waals surface area contributed by atoms with Crippen LogP contribution < -0.4 is 5.32 Å². The topological polar surface area (TPSA) is 86.7 Å². The first-order chi connectivity index (χ1) is 9.93.